The molecule has 3 rings (SSSR count). The standard InChI is InChI=1S/C21H22ClNO2S.ClH/c1-15(17-7-4-3-5-8-17)23-13-16-11-19(22)21(20(12-16)24-2)25-14-18-9-6-10-26-18;/h3-12,15,23H,13-14H2,1-2H3;1H. The van der Waals surface area contributed by atoms with Gasteiger partial charge < -0.3 is 14.8 Å². The highest BCUT2D eigenvalue weighted by atomic mass is 35.5. The SMILES string of the molecule is COc1cc(CNC(C)c2ccccc2)cc(Cl)c1OCc1cccs1.Cl. The fourth-order valence-corrected chi connectivity index (χ4v) is 3.59. The van der Waals surface area contributed by atoms with Crippen LogP contribution in [0.4, 0.5) is 0 Å². The number of methoxy groups -OCH3 is 1. The quantitative estimate of drug-likeness (QED) is 0.463. The van der Waals surface area contributed by atoms with Gasteiger partial charge in [-0.15, -0.1) is 23.7 Å². The van der Waals surface area contributed by atoms with Crippen molar-refractivity contribution in [1.29, 1.82) is 0 Å². The van der Waals surface area contributed by atoms with Gasteiger partial charge in [-0.05, 0) is 41.6 Å². The van der Waals surface area contributed by atoms with Crippen LogP contribution in [0.15, 0.2) is 60.0 Å². The number of hydrogen-bond acceptors (Lipinski definition) is 4. The lowest BCUT2D eigenvalue weighted by molar-refractivity contribution is 0.287. The summed E-state index contributed by atoms with van der Waals surface area (Å²) in [5.74, 6) is 1.24. The van der Waals surface area contributed by atoms with E-state index in [9.17, 15) is 0 Å². The molecule has 0 aliphatic heterocycles. The Morgan fingerprint density at radius 1 is 1.11 bits per heavy atom. The molecule has 27 heavy (non-hydrogen) atoms. The molecule has 0 aliphatic carbocycles. The molecule has 1 N–H and O–H groups in total. The minimum absolute atomic E-state index is 0. The van der Waals surface area contributed by atoms with E-state index >= 15 is 0 Å². The van der Waals surface area contributed by atoms with Gasteiger partial charge in [0.15, 0.2) is 11.5 Å². The molecule has 0 fully saturated rings. The Labute approximate surface area is 175 Å². The van der Waals surface area contributed by atoms with Crippen LogP contribution in [-0.2, 0) is 13.2 Å². The summed E-state index contributed by atoms with van der Waals surface area (Å²) in [6, 6.07) is 18.5. The summed E-state index contributed by atoms with van der Waals surface area (Å²) in [6.07, 6.45) is 0. The highest BCUT2D eigenvalue weighted by Gasteiger charge is 2.13. The number of nitrogens with one attached hydrogen (secondary N) is 1. The number of thiophene rings is 1. The lowest BCUT2D eigenvalue weighted by Crippen LogP contribution is -2.18. The molecule has 0 aliphatic rings. The zero-order chi connectivity index (χ0) is 18.4. The number of ether oxygens (including phenoxy) is 2. The van der Waals surface area contributed by atoms with Gasteiger partial charge in [0.25, 0.3) is 0 Å². The van der Waals surface area contributed by atoms with E-state index in [1.807, 2.05) is 47.8 Å². The van der Waals surface area contributed by atoms with Crippen LogP contribution in [0.25, 0.3) is 0 Å². The van der Waals surface area contributed by atoms with Gasteiger partial charge >= 0.3 is 0 Å². The van der Waals surface area contributed by atoms with Crippen molar-refractivity contribution in [3.8, 4) is 11.5 Å². The molecule has 144 valence electrons. The van der Waals surface area contributed by atoms with Gasteiger partial charge in [0.05, 0.1) is 12.1 Å². The molecule has 1 aromatic heterocycles. The predicted molar refractivity (Wildman–Crippen MR) is 116 cm³/mol. The molecule has 0 amide bonds. The lowest BCUT2D eigenvalue weighted by Gasteiger charge is -2.17. The molecule has 1 heterocycles. The summed E-state index contributed by atoms with van der Waals surface area (Å²) in [6.45, 7) is 3.32. The van der Waals surface area contributed by atoms with E-state index < -0.39 is 0 Å². The van der Waals surface area contributed by atoms with E-state index in [0.717, 1.165) is 10.4 Å². The first-order chi connectivity index (χ1) is 12.7. The molecule has 0 saturated carbocycles. The number of halogens is 2. The Balaban J connectivity index is 0.00000261. The summed E-state index contributed by atoms with van der Waals surface area (Å²) in [5.41, 5.74) is 2.31. The maximum atomic E-state index is 6.46. The number of hydrogen-bond donors (Lipinski definition) is 1. The molecule has 0 radical (unpaired) electrons. The molecular formula is C21H23Cl2NO2S. The maximum Gasteiger partial charge on any atom is 0.180 e. The summed E-state index contributed by atoms with van der Waals surface area (Å²) < 4.78 is 11.4. The Bertz CT molecular complexity index is 826. The van der Waals surface area contributed by atoms with Crippen molar-refractivity contribution in [2.75, 3.05) is 7.11 Å². The van der Waals surface area contributed by atoms with Crippen LogP contribution in [0.1, 0.15) is 29.0 Å². The van der Waals surface area contributed by atoms with Gasteiger partial charge in [-0.3, -0.25) is 0 Å². The summed E-state index contributed by atoms with van der Waals surface area (Å²) in [7, 11) is 1.63. The van der Waals surface area contributed by atoms with E-state index in [1.54, 1.807) is 18.4 Å². The molecule has 0 bridgehead atoms. The average Bonchev–Trinajstić information content (AvgIpc) is 3.19. The zero-order valence-corrected chi connectivity index (χ0v) is 17.7. The van der Waals surface area contributed by atoms with Crippen LogP contribution < -0.4 is 14.8 Å². The van der Waals surface area contributed by atoms with E-state index in [2.05, 4.69) is 24.4 Å². The molecule has 6 heteroatoms. The van der Waals surface area contributed by atoms with Gasteiger partial charge in [0, 0.05) is 17.5 Å². The van der Waals surface area contributed by atoms with Gasteiger partial charge in [-0.25, -0.2) is 0 Å². The van der Waals surface area contributed by atoms with Crippen molar-refractivity contribution in [3.05, 3.63) is 81.0 Å². The van der Waals surface area contributed by atoms with Crippen molar-refractivity contribution in [1.82, 2.24) is 5.32 Å². The van der Waals surface area contributed by atoms with Gasteiger partial charge in [0.1, 0.15) is 6.61 Å². The second kappa shape index (κ2) is 10.6. The number of benzene rings is 2. The average molecular weight is 424 g/mol. The second-order valence-electron chi connectivity index (χ2n) is 5.99. The van der Waals surface area contributed by atoms with Crippen molar-refractivity contribution in [2.24, 2.45) is 0 Å². The third kappa shape index (κ3) is 5.88. The van der Waals surface area contributed by atoms with Crippen LogP contribution >= 0.6 is 35.3 Å². The Hall–Kier alpha value is -1.72. The molecular weight excluding hydrogens is 401 g/mol. The summed E-state index contributed by atoms with van der Waals surface area (Å²) in [4.78, 5) is 1.14. The fraction of sp³-hybridized carbons (Fsp3) is 0.238. The lowest BCUT2D eigenvalue weighted by atomic mass is 10.1. The van der Waals surface area contributed by atoms with Crippen LogP contribution in [-0.4, -0.2) is 7.11 Å². The monoisotopic (exact) mass is 423 g/mol. The molecule has 0 spiro atoms. The fourth-order valence-electron chi connectivity index (χ4n) is 2.68. The molecule has 1 unspecified atom stereocenters. The zero-order valence-electron chi connectivity index (χ0n) is 15.3. The van der Waals surface area contributed by atoms with E-state index in [4.69, 9.17) is 21.1 Å². The third-order valence-corrected chi connectivity index (χ3v) is 5.27. The van der Waals surface area contributed by atoms with Gasteiger partial charge in [-0.1, -0.05) is 48.0 Å². The van der Waals surface area contributed by atoms with Gasteiger partial charge in [0.2, 0.25) is 0 Å². The first kappa shape index (κ1) is 21.6. The highest BCUT2D eigenvalue weighted by molar-refractivity contribution is 7.09. The molecule has 1 atom stereocenters. The molecule has 3 nitrogen and oxygen atoms in total. The molecule has 0 saturated heterocycles. The molecule has 3 aromatic rings. The highest BCUT2D eigenvalue weighted by Crippen LogP contribution is 2.37. The smallest absolute Gasteiger partial charge is 0.180 e. The summed E-state index contributed by atoms with van der Waals surface area (Å²) in [5, 5.41) is 6.10. The Kier molecular flexibility index (Phi) is 8.45. The second-order valence-corrected chi connectivity index (χ2v) is 7.43. The van der Waals surface area contributed by atoms with Gasteiger partial charge in [-0.2, -0.15) is 0 Å². The topological polar surface area (TPSA) is 30.5 Å². The third-order valence-electron chi connectivity index (χ3n) is 4.14. The normalized spacial score (nSPS) is 11.5. The van der Waals surface area contributed by atoms with Crippen LogP contribution in [0.3, 0.4) is 0 Å². The van der Waals surface area contributed by atoms with Crippen molar-refractivity contribution in [2.45, 2.75) is 26.1 Å². The van der Waals surface area contributed by atoms with Crippen molar-refractivity contribution >= 4 is 35.3 Å². The summed E-state index contributed by atoms with van der Waals surface area (Å²) >= 11 is 8.11. The number of rotatable bonds is 8. The maximum absolute atomic E-state index is 6.46. The van der Waals surface area contributed by atoms with E-state index in [1.165, 1.54) is 5.56 Å². The van der Waals surface area contributed by atoms with E-state index in [0.29, 0.717) is 29.7 Å². The Morgan fingerprint density at radius 2 is 1.89 bits per heavy atom. The largest absolute Gasteiger partial charge is 0.493 e. The minimum atomic E-state index is 0. The van der Waals surface area contributed by atoms with Crippen LogP contribution in [0.5, 0.6) is 11.5 Å². The first-order valence-electron chi connectivity index (χ1n) is 8.47. The van der Waals surface area contributed by atoms with Crippen molar-refractivity contribution < 1.29 is 9.47 Å². The van der Waals surface area contributed by atoms with Crippen LogP contribution in [0, 0.1) is 0 Å². The van der Waals surface area contributed by atoms with Crippen LogP contribution in [0.2, 0.25) is 5.02 Å². The predicted octanol–water partition coefficient (Wildman–Crippen LogP) is 6.26. The first-order valence-corrected chi connectivity index (χ1v) is 9.73. The minimum Gasteiger partial charge on any atom is -0.493 e. The Morgan fingerprint density at radius 3 is 2.56 bits per heavy atom. The molecule has 2 aromatic carbocycles. The van der Waals surface area contributed by atoms with E-state index in [-0.39, 0.29) is 18.4 Å². The van der Waals surface area contributed by atoms with Crippen molar-refractivity contribution in [3.63, 3.8) is 0 Å².